The average molecular weight is 468 g/mol. The average Bonchev–Trinajstić information content (AvgIpc) is 3.42. The molecule has 2 atom stereocenters. The number of likely N-dealkylation sites (N-methyl/N-ethyl adjacent to an activating group) is 1. The molecule has 2 aromatic heterocycles. The van der Waals surface area contributed by atoms with Crippen LogP contribution in [0.2, 0.25) is 0 Å². The van der Waals surface area contributed by atoms with Crippen LogP contribution in [0.3, 0.4) is 0 Å². The number of anilines is 1. The number of halogens is 1. The van der Waals surface area contributed by atoms with E-state index in [2.05, 4.69) is 30.9 Å². The van der Waals surface area contributed by atoms with Gasteiger partial charge in [0.25, 0.3) is 0 Å². The molecular formula is C23H30FN9O. The van der Waals surface area contributed by atoms with Crippen molar-refractivity contribution in [2.24, 2.45) is 10.8 Å². The molecule has 34 heavy (non-hydrogen) atoms. The summed E-state index contributed by atoms with van der Waals surface area (Å²) in [5.41, 5.74) is 10.9. The zero-order chi connectivity index (χ0) is 24.3. The maximum absolute atomic E-state index is 13.2. The third kappa shape index (κ3) is 5.27. The fourth-order valence-electron chi connectivity index (χ4n) is 3.98. The second-order valence-corrected chi connectivity index (χ2v) is 8.67. The minimum absolute atomic E-state index is 0.198. The van der Waals surface area contributed by atoms with Crippen LogP contribution in [-0.2, 0) is 6.54 Å². The zero-order valence-corrected chi connectivity index (χ0v) is 19.6. The molecule has 0 bridgehead atoms. The molecular weight excluding hydrogens is 437 g/mol. The van der Waals surface area contributed by atoms with Crippen LogP contribution in [0.25, 0.3) is 11.4 Å². The number of aliphatic hydroxyl groups is 1. The number of tetrazole rings is 1. The van der Waals surface area contributed by atoms with Crippen molar-refractivity contribution in [3.8, 4) is 11.4 Å². The summed E-state index contributed by atoms with van der Waals surface area (Å²) in [7, 11) is 0. The minimum atomic E-state index is -0.958. The van der Waals surface area contributed by atoms with E-state index in [4.69, 9.17) is 5.73 Å². The van der Waals surface area contributed by atoms with E-state index in [0.29, 0.717) is 35.9 Å². The quantitative estimate of drug-likeness (QED) is 0.235. The molecule has 1 aliphatic carbocycles. The molecule has 4 N–H and O–H groups in total. The van der Waals surface area contributed by atoms with Gasteiger partial charge >= 0.3 is 0 Å². The molecule has 4 rings (SSSR count). The highest BCUT2D eigenvalue weighted by Gasteiger charge is 2.51. The van der Waals surface area contributed by atoms with Gasteiger partial charge in [0.15, 0.2) is 6.23 Å². The number of aryl methyl sites for hydroxylation is 1. The lowest BCUT2D eigenvalue weighted by Gasteiger charge is -2.34. The number of hydrogen-bond acceptors (Lipinski definition) is 9. The van der Waals surface area contributed by atoms with Gasteiger partial charge in [0.05, 0.1) is 12.2 Å². The van der Waals surface area contributed by atoms with Gasteiger partial charge < -0.3 is 10.8 Å². The van der Waals surface area contributed by atoms with Crippen LogP contribution in [0.1, 0.15) is 44.3 Å². The lowest BCUT2D eigenvalue weighted by Crippen LogP contribution is -2.44. The van der Waals surface area contributed by atoms with E-state index in [1.165, 1.54) is 16.9 Å². The van der Waals surface area contributed by atoms with E-state index < -0.39 is 6.23 Å². The molecule has 11 heteroatoms. The van der Waals surface area contributed by atoms with Crippen molar-refractivity contribution in [2.45, 2.75) is 58.0 Å². The van der Waals surface area contributed by atoms with Crippen LogP contribution < -0.4 is 11.2 Å². The molecule has 180 valence electrons. The lowest BCUT2D eigenvalue weighted by atomic mass is 10.1. The molecule has 0 aliphatic heterocycles. The van der Waals surface area contributed by atoms with Gasteiger partial charge in [-0.15, -0.1) is 10.2 Å². The van der Waals surface area contributed by atoms with E-state index in [0.717, 1.165) is 18.5 Å². The summed E-state index contributed by atoms with van der Waals surface area (Å²) in [6, 6.07) is 9.49. The molecule has 1 saturated carbocycles. The number of hydrogen-bond donors (Lipinski definition) is 3. The Morgan fingerprint density at radius 2 is 2.03 bits per heavy atom. The fraction of sp³-hybridized carbons (Fsp3) is 0.435. The largest absolute Gasteiger partial charge is 0.372 e. The predicted octanol–water partition coefficient (Wildman–Crippen LogP) is 2.47. The SMILES string of the molecule is CCN(C(O)c1nc(C)ccc1N/N=C\C(C)N)C1(Cn2nnc(-c3ccc(F)cc3)n2)CC1. The molecule has 0 saturated heterocycles. The molecule has 2 heterocycles. The van der Waals surface area contributed by atoms with Crippen LogP contribution >= 0.6 is 0 Å². The smallest absolute Gasteiger partial charge is 0.204 e. The summed E-state index contributed by atoms with van der Waals surface area (Å²) >= 11 is 0. The van der Waals surface area contributed by atoms with Crippen LogP contribution in [0.4, 0.5) is 10.1 Å². The maximum atomic E-state index is 13.2. The third-order valence-corrected chi connectivity index (χ3v) is 5.87. The summed E-state index contributed by atoms with van der Waals surface area (Å²) < 4.78 is 13.2. The molecule has 2 unspecified atom stereocenters. The number of nitrogens with zero attached hydrogens (tertiary/aromatic N) is 7. The zero-order valence-electron chi connectivity index (χ0n) is 19.6. The first kappa shape index (κ1) is 23.9. The Balaban J connectivity index is 1.54. The first-order valence-corrected chi connectivity index (χ1v) is 11.3. The van der Waals surface area contributed by atoms with Gasteiger partial charge in [-0.2, -0.15) is 9.90 Å². The first-order chi connectivity index (χ1) is 16.3. The van der Waals surface area contributed by atoms with Crippen molar-refractivity contribution in [1.29, 1.82) is 0 Å². The highest BCUT2D eigenvalue weighted by molar-refractivity contribution is 5.65. The molecule has 0 spiro atoms. The Kier molecular flexibility index (Phi) is 6.96. The second kappa shape index (κ2) is 9.92. The van der Waals surface area contributed by atoms with Gasteiger partial charge in [-0.3, -0.25) is 15.3 Å². The number of nitrogens with two attached hydrogens (primary N) is 1. The number of nitrogens with one attached hydrogen (secondary N) is 1. The highest BCUT2D eigenvalue weighted by Crippen LogP contribution is 2.46. The Labute approximate surface area is 197 Å². The van der Waals surface area contributed by atoms with Gasteiger partial charge in [0, 0.05) is 29.1 Å². The van der Waals surface area contributed by atoms with Gasteiger partial charge in [-0.1, -0.05) is 6.92 Å². The van der Waals surface area contributed by atoms with Crippen molar-refractivity contribution in [3.63, 3.8) is 0 Å². The first-order valence-electron chi connectivity index (χ1n) is 11.3. The normalized spacial score (nSPS) is 16.7. The minimum Gasteiger partial charge on any atom is -0.372 e. The number of aromatic nitrogens is 5. The molecule has 1 fully saturated rings. The Hall–Kier alpha value is -3.28. The van der Waals surface area contributed by atoms with Crippen molar-refractivity contribution >= 4 is 11.9 Å². The maximum Gasteiger partial charge on any atom is 0.204 e. The van der Waals surface area contributed by atoms with E-state index >= 15 is 0 Å². The van der Waals surface area contributed by atoms with Crippen LogP contribution in [0.15, 0.2) is 41.5 Å². The van der Waals surface area contributed by atoms with Crippen molar-refractivity contribution in [3.05, 3.63) is 53.6 Å². The Morgan fingerprint density at radius 1 is 1.29 bits per heavy atom. The summed E-state index contributed by atoms with van der Waals surface area (Å²) in [6.45, 7) is 6.76. The molecule has 3 aromatic rings. The number of hydrazone groups is 1. The second-order valence-electron chi connectivity index (χ2n) is 8.67. The van der Waals surface area contributed by atoms with Crippen LogP contribution in [0.5, 0.6) is 0 Å². The topological polar surface area (TPSA) is 130 Å². The van der Waals surface area contributed by atoms with E-state index in [9.17, 15) is 9.50 Å². The van der Waals surface area contributed by atoms with E-state index in [1.807, 2.05) is 37.8 Å². The number of rotatable bonds is 10. The molecule has 0 amide bonds. The number of benzene rings is 1. The van der Waals surface area contributed by atoms with Gasteiger partial charge in [-0.05, 0) is 74.8 Å². The number of pyridine rings is 1. The van der Waals surface area contributed by atoms with Crippen LogP contribution in [0, 0.1) is 12.7 Å². The standard InChI is InChI=1S/C23H30FN9O/c1-4-32(22(34)20-19(10-5-16(3)27-20)28-26-13-15(2)25)23(11-12-23)14-33-30-21(29-31-33)17-6-8-18(24)9-7-17/h5-10,13,15,22,28,34H,4,11-12,14,25H2,1-3H3/b26-13-. The summed E-state index contributed by atoms with van der Waals surface area (Å²) in [5, 5.41) is 28.3. The molecule has 10 nitrogen and oxygen atoms in total. The monoisotopic (exact) mass is 467 g/mol. The summed E-state index contributed by atoms with van der Waals surface area (Å²) in [4.78, 5) is 8.15. The number of aliphatic hydroxyl groups excluding tert-OH is 1. The van der Waals surface area contributed by atoms with Crippen molar-refractivity contribution < 1.29 is 9.50 Å². The van der Waals surface area contributed by atoms with Gasteiger partial charge in [-0.25, -0.2) is 4.39 Å². The fourth-order valence-corrected chi connectivity index (χ4v) is 3.98. The van der Waals surface area contributed by atoms with E-state index in [1.54, 1.807) is 18.3 Å². The van der Waals surface area contributed by atoms with Crippen molar-refractivity contribution in [1.82, 2.24) is 30.1 Å². The highest BCUT2D eigenvalue weighted by atomic mass is 19.1. The molecule has 0 radical (unpaired) electrons. The van der Waals surface area contributed by atoms with Gasteiger partial charge in [0.1, 0.15) is 11.5 Å². The summed E-state index contributed by atoms with van der Waals surface area (Å²) in [5.74, 6) is 0.112. The third-order valence-electron chi connectivity index (χ3n) is 5.87. The predicted molar refractivity (Wildman–Crippen MR) is 127 cm³/mol. The molecule has 1 aliphatic rings. The lowest BCUT2D eigenvalue weighted by molar-refractivity contribution is -0.0428. The van der Waals surface area contributed by atoms with Crippen LogP contribution in [-0.4, -0.2) is 59.5 Å². The van der Waals surface area contributed by atoms with Crippen molar-refractivity contribution in [2.75, 3.05) is 12.0 Å². The van der Waals surface area contributed by atoms with E-state index in [-0.39, 0.29) is 17.4 Å². The van der Waals surface area contributed by atoms with Gasteiger partial charge in [0.2, 0.25) is 5.82 Å². The summed E-state index contributed by atoms with van der Waals surface area (Å²) in [6.07, 6.45) is 2.39. The molecule has 1 aromatic carbocycles. The Morgan fingerprint density at radius 3 is 2.68 bits per heavy atom. The Bertz CT molecular complexity index is 1140.